The molecule has 2 atom stereocenters. The molecule has 2 amide bonds. The quantitative estimate of drug-likeness (QED) is 0.627. The predicted octanol–water partition coefficient (Wildman–Crippen LogP) is 2.77. The maximum atomic E-state index is 13.3. The van der Waals surface area contributed by atoms with Crippen molar-refractivity contribution < 1.29 is 14.3 Å². The standard InChI is InChI=1S/C22H34N4O3/c1-6-16(3)26(17(4)7-2)22(28)14-25-19-11-9-8-10-18(19)24-20(25)12-13-23-21(27)15-29-5/h8-11,16-17H,6-7,12-15H2,1-5H3,(H,23,27). The minimum Gasteiger partial charge on any atom is -0.375 e. The summed E-state index contributed by atoms with van der Waals surface area (Å²) >= 11 is 0. The first kappa shape index (κ1) is 22.9. The van der Waals surface area contributed by atoms with Gasteiger partial charge in [-0.2, -0.15) is 0 Å². The molecular weight excluding hydrogens is 368 g/mol. The number of amides is 2. The largest absolute Gasteiger partial charge is 0.375 e. The van der Waals surface area contributed by atoms with Gasteiger partial charge in [0.1, 0.15) is 19.0 Å². The predicted molar refractivity (Wildman–Crippen MR) is 115 cm³/mol. The Labute approximate surface area is 173 Å². The zero-order valence-corrected chi connectivity index (χ0v) is 18.3. The topological polar surface area (TPSA) is 76.5 Å². The third-order valence-corrected chi connectivity index (χ3v) is 5.39. The lowest BCUT2D eigenvalue weighted by Gasteiger charge is -2.34. The van der Waals surface area contributed by atoms with Crippen molar-refractivity contribution in [2.75, 3.05) is 20.3 Å². The minimum atomic E-state index is -0.161. The van der Waals surface area contributed by atoms with Crippen molar-refractivity contribution in [2.24, 2.45) is 0 Å². The van der Waals surface area contributed by atoms with Gasteiger partial charge < -0.3 is 19.5 Å². The second kappa shape index (κ2) is 11.0. The normalized spacial score (nSPS) is 13.3. The van der Waals surface area contributed by atoms with Crippen LogP contribution in [0.25, 0.3) is 11.0 Å². The second-order valence-electron chi connectivity index (χ2n) is 7.45. The smallest absolute Gasteiger partial charge is 0.245 e. The van der Waals surface area contributed by atoms with E-state index in [1.807, 2.05) is 33.7 Å². The van der Waals surface area contributed by atoms with Gasteiger partial charge in [-0.05, 0) is 38.8 Å². The van der Waals surface area contributed by atoms with Gasteiger partial charge in [-0.25, -0.2) is 4.98 Å². The molecule has 1 aromatic heterocycles. The van der Waals surface area contributed by atoms with Gasteiger partial charge in [0.25, 0.3) is 0 Å². The molecule has 160 valence electrons. The maximum Gasteiger partial charge on any atom is 0.245 e. The first-order valence-electron chi connectivity index (χ1n) is 10.4. The van der Waals surface area contributed by atoms with Crippen molar-refractivity contribution in [3.8, 4) is 0 Å². The van der Waals surface area contributed by atoms with Crippen LogP contribution in [-0.4, -0.2) is 58.6 Å². The summed E-state index contributed by atoms with van der Waals surface area (Å²) in [4.78, 5) is 31.6. The van der Waals surface area contributed by atoms with E-state index in [0.717, 1.165) is 29.7 Å². The van der Waals surface area contributed by atoms with Gasteiger partial charge in [-0.3, -0.25) is 9.59 Å². The van der Waals surface area contributed by atoms with Crippen molar-refractivity contribution >= 4 is 22.8 Å². The van der Waals surface area contributed by atoms with E-state index in [1.165, 1.54) is 7.11 Å². The van der Waals surface area contributed by atoms with Gasteiger partial charge in [-0.1, -0.05) is 26.0 Å². The van der Waals surface area contributed by atoms with Crippen LogP contribution >= 0.6 is 0 Å². The number of para-hydroxylation sites is 2. The van der Waals surface area contributed by atoms with Crippen LogP contribution in [0.3, 0.4) is 0 Å². The fourth-order valence-corrected chi connectivity index (χ4v) is 3.52. The average Bonchev–Trinajstić information content (AvgIpc) is 3.05. The highest BCUT2D eigenvalue weighted by molar-refractivity contribution is 5.81. The van der Waals surface area contributed by atoms with Crippen LogP contribution in [0.5, 0.6) is 0 Å². The van der Waals surface area contributed by atoms with Crippen molar-refractivity contribution in [3.05, 3.63) is 30.1 Å². The number of fused-ring (bicyclic) bond motifs is 1. The molecule has 0 saturated heterocycles. The summed E-state index contributed by atoms with van der Waals surface area (Å²) in [5.41, 5.74) is 1.80. The van der Waals surface area contributed by atoms with E-state index >= 15 is 0 Å². The summed E-state index contributed by atoms with van der Waals surface area (Å²) in [7, 11) is 1.49. The minimum absolute atomic E-state index is 0.0354. The number of aromatic nitrogens is 2. The van der Waals surface area contributed by atoms with Crippen LogP contribution in [0.2, 0.25) is 0 Å². The van der Waals surface area contributed by atoms with Crippen LogP contribution in [-0.2, 0) is 27.3 Å². The lowest BCUT2D eigenvalue weighted by molar-refractivity contribution is -0.136. The fraction of sp³-hybridized carbons (Fsp3) is 0.591. The Bertz CT molecular complexity index is 807. The van der Waals surface area contributed by atoms with E-state index in [4.69, 9.17) is 9.72 Å². The van der Waals surface area contributed by atoms with E-state index in [0.29, 0.717) is 13.0 Å². The summed E-state index contributed by atoms with van der Waals surface area (Å²) in [5.74, 6) is 0.734. The summed E-state index contributed by atoms with van der Waals surface area (Å²) in [6.45, 7) is 9.14. The second-order valence-corrected chi connectivity index (χ2v) is 7.45. The number of carbonyl (C=O) groups excluding carboxylic acids is 2. The highest BCUT2D eigenvalue weighted by atomic mass is 16.5. The van der Waals surface area contributed by atoms with Crippen LogP contribution in [0.15, 0.2) is 24.3 Å². The van der Waals surface area contributed by atoms with Gasteiger partial charge >= 0.3 is 0 Å². The number of carbonyl (C=O) groups is 2. The van der Waals surface area contributed by atoms with Crippen molar-refractivity contribution in [1.82, 2.24) is 19.8 Å². The molecule has 1 N–H and O–H groups in total. The molecule has 7 heteroatoms. The maximum absolute atomic E-state index is 13.3. The molecule has 0 spiro atoms. The first-order valence-corrected chi connectivity index (χ1v) is 10.4. The Kier molecular flexibility index (Phi) is 8.64. The average molecular weight is 403 g/mol. The molecule has 0 radical (unpaired) electrons. The van der Waals surface area contributed by atoms with E-state index in [2.05, 4.69) is 33.0 Å². The molecule has 0 aliphatic rings. The number of rotatable bonds is 11. The third kappa shape index (κ3) is 5.79. The summed E-state index contributed by atoms with van der Waals surface area (Å²) in [6.07, 6.45) is 2.38. The van der Waals surface area contributed by atoms with Gasteiger partial charge in [0.05, 0.1) is 11.0 Å². The zero-order valence-electron chi connectivity index (χ0n) is 18.3. The van der Waals surface area contributed by atoms with Gasteiger partial charge in [0.15, 0.2) is 0 Å². The lowest BCUT2D eigenvalue weighted by Crippen LogP contribution is -2.46. The number of ether oxygens (including phenoxy) is 1. The highest BCUT2D eigenvalue weighted by Crippen LogP contribution is 2.19. The summed E-state index contributed by atoms with van der Waals surface area (Å²) in [6, 6.07) is 8.20. The molecule has 2 aromatic rings. The Morgan fingerprint density at radius 1 is 1.17 bits per heavy atom. The molecule has 1 heterocycles. The van der Waals surface area contributed by atoms with Crippen molar-refractivity contribution in [1.29, 1.82) is 0 Å². The van der Waals surface area contributed by atoms with E-state index in [1.54, 1.807) is 0 Å². The van der Waals surface area contributed by atoms with E-state index < -0.39 is 0 Å². The molecule has 0 saturated carbocycles. The summed E-state index contributed by atoms with van der Waals surface area (Å²) in [5, 5.41) is 2.82. The van der Waals surface area contributed by atoms with Gasteiger partial charge in [-0.15, -0.1) is 0 Å². The number of hydrogen-bond acceptors (Lipinski definition) is 4. The molecular formula is C22H34N4O3. The Morgan fingerprint density at radius 3 is 2.45 bits per heavy atom. The summed E-state index contributed by atoms with van der Waals surface area (Å²) < 4.78 is 6.82. The molecule has 0 aliphatic carbocycles. The molecule has 7 nitrogen and oxygen atoms in total. The Hall–Kier alpha value is -2.41. The fourth-order valence-electron chi connectivity index (χ4n) is 3.52. The Balaban J connectivity index is 2.25. The molecule has 29 heavy (non-hydrogen) atoms. The number of methoxy groups -OCH3 is 1. The lowest BCUT2D eigenvalue weighted by atomic mass is 10.1. The molecule has 2 unspecified atom stereocenters. The SMILES string of the molecule is CCC(C)N(C(=O)Cn1c(CCNC(=O)COC)nc2ccccc21)C(C)CC. The number of nitrogens with zero attached hydrogens (tertiary/aromatic N) is 3. The number of imidazole rings is 1. The first-order chi connectivity index (χ1) is 13.9. The third-order valence-electron chi connectivity index (χ3n) is 5.39. The van der Waals surface area contributed by atoms with E-state index in [-0.39, 0.29) is 37.0 Å². The monoisotopic (exact) mass is 402 g/mol. The highest BCUT2D eigenvalue weighted by Gasteiger charge is 2.25. The number of nitrogens with one attached hydrogen (secondary N) is 1. The molecule has 1 aromatic carbocycles. The Morgan fingerprint density at radius 2 is 1.83 bits per heavy atom. The van der Waals surface area contributed by atoms with Crippen LogP contribution < -0.4 is 5.32 Å². The molecule has 0 bridgehead atoms. The van der Waals surface area contributed by atoms with Crippen LogP contribution in [0.1, 0.15) is 46.4 Å². The van der Waals surface area contributed by atoms with Crippen LogP contribution in [0, 0.1) is 0 Å². The van der Waals surface area contributed by atoms with Gasteiger partial charge in [0, 0.05) is 32.2 Å². The van der Waals surface area contributed by atoms with Crippen LogP contribution in [0.4, 0.5) is 0 Å². The van der Waals surface area contributed by atoms with E-state index in [9.17, 15) is 9.59 Å². The molecule has 0 fully saturated rings. The van der Waals surface area contributed by atoms with Crippen molar-refractivity contribution in [2.45, 2.75) is 65.6 Å². The van der Waals surface area contributed by atoms with Crippen molar-refractivity contribution in [3.63, 3.8) is 0 Å². The number of hydrogen-bond donors (Lipinski definition) is 1. The molecule has 2 rings (SSSR count). The number of benzene rings is 1. The molecule has 0 aliphatic heterocycles. The zero-order chi connectivity index (χ0) is 21.4. The van der Waals surface area contributed by atoms with Gasteiger partial charge in [0.2, 0.25) is 11.8 Å².